The lowest BCUT2D eigenvalue weighted by molar-refractivity contribution is 0.367. The lowest BCUT2D eigenvalue weighted by atomic mass is 9.99. The highest BCUT2D eigenvalue weighted by Crippen LogP contribution is 2.15. The van der Waals surface area contributed by atoms with E-state index in [0.717, 1.165) is 13.1 Å². The average Bonchev–Trinajstić information content (AvgIpc) is 3.25. The summed E-state index contributed by atoms with van der Waals surface area (Å²) in [6.07, 6.45) is 28.7. The summed E-state index contributed by atoms with van der Waals surface area (Å²) in [5.74, 6) is 0. The molecule has 1 radical (unpaired) electrons. The second-order valence-corrected chi connectivity index (χ2v) is 10.9. The first-order chi connectivity index (χ1) is 16.4. The molecule has 33 heavy (non-hydrogen) atoms. The molecule has 0 aromatic carbocycles. The van der Waals surface area contributed by atoms with Gasteiger partial charge in [-0.1, -0.05) is 84.0 Å². The van der Waals surface area contributed by atoms with E-state index >= 15 is 0 Å². The number of rotatable bonds is 19. The maximum Gasteiger partial charge on any atom is 0.0195 e. The minimum Gasteiger partial charge on any atom is -0.315 e. The van der Waals surface area contributed by atoms with Gasteiger partial charge in [0, 0.05) is 31.2 Å². The summed E-state index contributed by atoms with van der Waals surface area (Å²) in [6, 6.07) is 2.00. The van der Waals surface area contributed by atoms with E-state index in [4.69, 9.17) is 0 Å². The first-order valence-corrected chi connectivity index (χ1v) is 15.1. The molecular weight excluding hydrogens is 404 g/mol. The molecule has 0 spiro atoms. The van der Waals surface area contributed by atoms with Gasteiger partial charge < -0.3 is 21.3 Å². The second kappa shape index (κ2) is 21.1. The van der Waals surface area contributed by atoms with Gasteiger partial charge in [0.25, 0.3) is 0 Å². The van der Waals surface area contributed by atoms with Crippen molar-refractivity contribution in [1.29, 1.82) is 0 Å². The standard InChI is InChI=1S/C29H59N4/c1-2-3-4-5-6-7-8-9-10-11-12-18-27(33-29-20-14-16-23-31-26-29)21-17-24-32-28-19-13-15-22-30-25-28/h12,27-33H,2-11,13-26H2,1H3. The minimum absolute atomic E-state index is 0.655. The first-order valence-electron chi connectivity index (χ1n) is 15.1. The molecule has 2 aliphatic heterocycles. The Kier molecular flexibility index (Phi) is 18.6. The molecule has 0 aromatic heterocycles. The van der Waals surface area contributed by atoms with Gasteiger partial charge in [0.05, 0.1) is 0 Å². The molecule has 2 fully saturated rings. The number of nitrogens with one attached hydrogen (secondary N) is 4. The molecule has 195 valence electrons. The molecular formula is C29H59N4. The van der Waals surface area contributed by atoms with Crippen LogP contribution in [0.1, 0.15) is 129 Å². The van der Waals surface area contributed by atoms with Crippen LogP contribution in [0.15, 0.2) is 0 Å². The Bertz CT molecular complexity index is 400. The highest BCUT2D eigenvalue weighted by molar-refractivity contribution is 4.83. The summed E-state index contributed by atoms with van der Waals surface area (Å²) in [5, 5.41) is 15.1. The fourth-order valence-electron chi connectivity index (χ4n) is 5.53. The van der Waals surface area contributed by atoms with Crippen LogP contribution in [0, 0.1) is 6.42 Å². The number of unbranched alkanes of at least 4 members (excludes halogenated alkanes) is 10. The monoisotopic (exact) mass is 463 g/mol. The third-order valence-corrected chi connectivity index (χ3v) is 7.69. The van der Waals surface area contributed by atoms with Gasteiger partial charge in [-0.2, -0.15) is 0 Å². The predicted octanol–water partition coefficient (Wildman–Crippen LogP) is 6.11. The SMILES string of the molecule is CCCCCCCCCCC[CH]CC(CCCNC1CCCCNC1)NC1CCCCNC1. The van der Waals surface area contributed by atoms with Crippen LogP contribution in [0.3, 0.4) is 0 Å². The second-order valence-electron chi connectivity index (χ2n) is 10.9. The van der Waals surface area contributed by atoms with Gasteiger partial charge in [-0.05, 0) is 71.0 Å². The minimum atomic E-state index is 0.655. The van der Waals surface area contributed by atoms with Crippen molar-refractivity contribution in [2.24, 2.45) is 0 Å². The van der Waals surface area contributed by atoms with E-state index in [1.165, 1.54) is 142 Å². The van der Waals surface area contributed by atoms with E-state index in [2.05, 4.69) is 34.6 Å². The van der Waals surface area contributed by atoms with Crippen LogP contribution in [0.4, 0.5) is 0 Å². The molecule has 3 unspecified atom stereocenters. The van der Waals surface area contributed by atoms with Crippen molar-refractivity contribution in [3.05, 3.63) is 6.42 Å². The van der Waals surface area contributed by atoms with Gasteiger partial charge in [-0.15, -0.1) is 0 Å². The molecule has 0 bridgehead atoms. The van der Waals surface area contributed by atoms with Crippen LogP contribution in [-0.2, 0) is 0 Å². The van der Waals surface area contributed by atoms with Gasteiger partial charge in [-0.3, -0.25) is 0 Å². The van der Waals surface area contributed by atoms with Crippen molar-refractivity contribution < 1.29 is 0 Å². The van der Waals surface area contributed by atoms with E-state index in [1.807, 2.05) is 0 Å². The van der Waals surface area contributed by atoms with Crippen LogP contribution in [0.2, 0.25) is 0 Å². The maximum absolute atomic E-state index is 4.05. The van der Waals surface area contributed by atoms with Gasteiger partial charge in [0.1, 0.15) is 0 Å². The zero-order chi connectivity index (χ0) is 23.2. The van der Waals surface area contributed by atoms with E-state index in [-0.39, 0.29) is 0 Å². The van der Waals surface area contributed by atoms with Crippen LogP contribution in [-0.4, -0.2) is 50.8 Å². The zero-order valence-electron chi connectivity index (χ0n) is 22.3. The van der Waals surface area contributed by atoms with Gasteiger partial charge in [0.15, 0.2) is 0 Å². The molecule has 0 saturated carbocycles. The smallest absolute Gasteiger partial charge is 0.0195 e. The van der Waals surface area contributed by atoms with Gasteiger partial charge >= 0.3 is 0 Å². The van der Waals surface area contributed by atoms with E-state index in [0.29, 0.717) is 18.1 Å². The summed E-state index contributed by atoms with van der Waals surface area (Å²) in [7, 11) is 0. The van der Waals surface area contributed by atoms with Crippen LogP contribution < -0.4 is 21.3 Å². The van der Waals surface area contributed by atoms with E-state index in [1.54, 1.807) is 0 Å². The first kappa shape index (κ1) is 29.1. The Balaban J connectivity index is 1.56. The third kappa shape index (κ3) is 16.2. The number of hydrogen-bond acceptors (Lipinski definition) is 4. The predicted molar refractivity (Wildman–Crippen MR) is 146 cm³/mol. The van der Waals surface area contributed by atoms with Crippen molar-refractivity contribution in [3.8, 4) is 0 Å². The van der Waals surface area contributed by atoms with Crippen LogP contribution in [0.5, 0.6) is 0 Å². The van der Waals surface area contributed by atoms with E-state index in [9.17, 15) is 0 Å². The van der Waals surface area contributed by atoms with Gasteiger partial charge in [-0.25, -0.2) is 0 Å². The molecule has 0 aromatic rings. The Labute approximate surface area is 207 Å². The summed E-state index contributed by atoms with van der Waals surface area (Å²) in [5.41, 5.74) is 0. The Morgan fingerprint density at radius 3 is 2.12 bits per heavy atom. The van der Waals surface area contributed by atoms with E-state index < -0.39 is 0 Å². The lowest BCUT2D eigenvalue weighted by Crippen LogP contribution is -2.44. The molecule has 4 N–H and O–H groups in total. The van der Waals surface area contributed by atoms with Crippen LogP contribution >= 0.6 is 0 Å². The van der Waals surface area contributed by atoms with Crippen molar-refractivity contribution >= 4 is 0 Å². The van der Waals surface area contributed by atoms with Crippen LogP contribution in [0.25, 0.3) is 0 Å². The fraction of sp³-hybridized carbons (Fsp3) is 0.966. The number of hydrogen-bond donors (Lipinski definition) is 4. The molecule has 2 rings (SSSR count). The summed E-state index contributed by atoms with van der Waals surface area (Å²) >= 11 is 0. The molecule has 0 amide bonds. The van der Waals surface area contributed by atoms with Crippen molar-refractivity contribution in [2.75, 3.05) is 32.7 Å². The average molecular weight is 464 g/mol. The lowest BCUT2D eigenvalue weighted by Gasteiger charge is -2.26. The molecule has 0 aliphatic carbocycles. The molecule has 2 aliphatic rings. The highest BCUT2D eigenvalue weighted by atomic mass is 15.0. The highest BCUT2D eigenvalue weighted by Gasteiger charge is 2.17. The van der Waals surface area contributed by atoms with Crippen molar-refractivity contribution in [1.82, 2.24) is 21.3 Å². The molecule has 4 heteroatoms. The topological polar surface area (TPSA) is 48.1 Å². The molecule has 4 nitrogen and oxygen atoms in total. The summed E-state index contributed by atoms with van der Waals surface area (Å²) in [6.45, 7) is 8.19. The fourth-order valence-corrected chi connectivity index (χ4v) is 5.53. The summed E-state index contributed by atoms with van der Waals surface area (Å²) in [4.78, 5) is 0. The third-order valence-electron chi connectivity index (χ3n) is 7.69. The maximum atomic E-state index is 4.05. The Morgan fingerprint density at radius 1 is 0.758 bits per heavy atom. The Hall–Kier alpha value is -0.160. The largest absolute Gasteiger partial charge is 0.315 e. The Morgan fingerprint density at radius 2 is 1.39 bits per heavy atom. The van der Waals surface area contributed by atoms with Gasteiger partial charge in [0.2, 0.25) is 0 Å². The quantitative estimate of drug-likeness (QED) is 0.174. The molecule has 2 heterocycles. The molecule has 3 atom stereocenters. The van der Waals surface area contributed by atoms with Crippen molar-refractivity contribution in [3.63, 3.8) is 0 Å². The summed E-state index contributed by atoms with van der Waals surface area (Å²) < 4.78 is 0. The normalized spacial score (nSPS) is 23.2. The zero-order valence-corrected chi connectivity index (χ0v) is 22.3. The van der Waals surface area contributed by atoms with Crippen molar-refractivity contribution in [2.45, 2.75) is 147 Å². The molecule has 2 saturated heterocycles.